The summed E-state index contributed by atoms with van der Waals surface area (Å²) in [5.41, 5.74) is 5.29. The first-order valence-corrected chi connectivity index (χ1v) is 15.6. The largest absolute Gasteiger partial charge is 0.495 e. The second kappa shape index (κ2) is 12.4. The van der Waals surface area contributed by atoms with E-state index in [1.165, 1.54) is 19.3 Å². The van der Waals surface area contributed by atoms with Gasteiger partial charge in [0.05, 0.1) is 31.1 Å². The van der Waals surface area contributed by atoms with Crippen LogP contribution in [0.15, 0.2) is 48.8 Å². The summed E-state index contributed by atoms with van der Waals surface area (Å²) >= 11 is 0. The third-order valence-corrected chi connectivity index (χ3v) is 9.84. The lowest BCUT2D eigenvalue weighted by atomic mass is 9.79. The first-order valence-electron chi connectivity index (χ1n) is 15.6. The summed E-state index contributed by atoms with van der Waals surface area (Å²) in [6.45, 7) is 2.75. The van der Waals surface area contributed by atoms with Crippen molar-refractivity contribution in [3.05, 3.63) is 60.2 Å². The number of aliphatic hydroxyl groups excluding tert-OH is 1. The average molecular weight is 557 g/mol. The molecule has 41 heavy (non-hydrogen) atoms. The molecule has 7 nitrogen and oxygen atoms in total. The van der Waals surface area contributed by atoms with Gasteiger partial charge in [-0.05, 0) is 113 Å². The van der Waals surface area contributed by atoms with Gasteiger partial charge in [0, 0.05) is 41.5 Å². The van der Waals surface area contributed by atoms with Crippen LogP contribution in [0.5, 0.6) is 5.75 Å². The fraction of sp³-hybridized carbons (Fsp3) is 0.559. The Hall–Kier alpha value is -3.19. The summed E-state index contributed by atoms with van der Waals surface area (Å²) in [5.74, 6) is 1.94. The number of nitrogens with zero attached hydrogens (tertiary/aromatic N) is 4. The highest BCUT2D eigenvalue weighted by molar-refractivity contribution is 5.95. The molecule has 0 saturated heterocycles. The van der Waals surface area contributed by atoms with Gasteiger partial charge in [-0.25, -0.2) is 0 Å². The maximum absolute atomic E-state index is 14.1. The standard InChI is InChI=1S/C34H44N4O3/c1-23-33(41-2)18-17-32(36-23)25-11-9-24(10-12-25)21-37(34(40)26-13-15-31(39)16-14-26)30-8-3-5-27(19-30)28-20-35-38(22-28)29-6-4-7-29/h3,5,8,17-20,22,24-26,29,31,39H,4,6-7,9-16,21H2,1-2H3. The molecule has 6 rings (SSSR count). The van der Waals surface area contributed by atoms with Crippen LogP contribution in [0.3, 0.4) is 0 Å². The van der Waals surface area contributed by atoms with Crippen molar-refractivity contribution in [1.82, 2.24) is 14.8 Å². The van der Waals surface area contributed by atoms with Crippen molar-refractivity contribution in [3.63, 3.8) is 0 Å². The van der Waals surface area contributed by atoms with Gasteiger partial charge in [0.25, 0.3) is 0 Å². The number of carbonyl (C=O) groups excluding carboxylic acids is 1. The maximum Gasteiger partial charge on any atom is 0.230 e. The second-order valence-corrected chi connectivity index (χ2v) is 12.5. The predicted octanol–water partition coefficient (Wildman–Crippen LogP) is 6.85. The van der Waals surface area contributed by atoms with Crippen LogP contribution in [0.4, 0.5) is 5.69 Å². The minimum atomic E-state index is -0.270. The molecule has 0 unspecified atom stereocenters. The highest BCUT2D eigenvalue weighted by atomic mass is 16.5. The Kier molecular flexibility index (Phi) is 8.42. The Balaban J connectivity index is 1.19. The summed E-state index contributed by atoms with van der Waals surface area (Å²) in [7, 11) is 1.69. The van der Waals surface area contributed by atoms with E-state index in [1.54, 1.807) is 7.11 Å². The molecule has 2 aromatic heterocycles. The number of rotatable bonds is 8. The van der Waals surface area contributed by atoms with E-state index in [9.17, 15) is 9.90 Å². The molecule has 3 saturated carbocycles. The molecule has 0 spiro atoms. The van der Waals surface area contributed by atoms with E-state index in [1.807, 2.05) is 19.2 Å². The number of aliphatic hydroxyl groups is 1. The quantitative estimate of drug-likeness (QED) is 0.328. The van der Waals surface area contributed by atoms with E-state index in [-0.39, 0.29) is 17.9 Å². The van der Waals surface area contributed by atoms with Crippen LogP contribution < -0.4 is 9.64 Å². The molecule has 0 aliphatic heterocycles. The normalized spacial score (nSPS) is 25.0. The molecule has 1 N–H and O–H groups in total. The molecule has 0 radical (unpaired) electrons. The van der Waals surface area contributed by atoms with Crippen molar-refractivity contribution < 1.29 is 14.6 Å². The molecule has 2 heterocycles. The molecular weight excluding hydrogens is 512 g/mol. The summed E-state index contributed by atoms with van der Waals surface area (Å²) < 4.78 is 7.52. The lowest BCUT2D eigenvalue weighted by Gasteiger charge is -2.35. The van der Waals surface area contributed by atoms with Gasteiger partial charge >= 0.3 is 0 Å². The highest BCUT2D eigenvalue weighted by Crippen LogP contribution is 2.38. The van der Waals surface area contributed by atoms with Gasteiger partial charge in [-0.3, -0.25) is 14.5 Å². The Labute approximate surface area is 243 Å². The van der Waals surface area contributed by atoms with Crippen LogP contribution in [-0.2, 0) is 4.79 Å². The first-order chi connectivity index (χ1) is 20.0. The van der Waals surface area contributed by atoms with E-state index < -0.39 is 0 Å². The van der Waals surface area contributed by atoms with Crippen LogP contribution in [0.1, 0.15) is 94.0 Å². The lowest BCUT2D eigenvalue weighted by Crippen LogP contribution is -2.41. The number of carbonyl (C=O) groups is 1. The fourth-order valence-corrected chi connectivity index (χ4v) is 6.97. The number of methoxy groups -OCH3 is 1. The topological polar surface area (TPSA) is 80.5 Å². The molecule has 3 aliphatic rings. The molecule has 3 aromatic rings. The monoisotopic (exact) mass is 556 g/mol. The van der Waals surface area contributed by atoms with Crippen LogP contribution in [-0.4, -0.2) is 45.5 Å². The lowest BCUT2D eigenvalue weighted by molar-refractivity contribution is -0.124. The maximum atomic E-state index is 14.1. The van der Waals surface area contributed by atoms with E-state index in [2.05, 4.69) is 51.2 Å². The molecule has 0 atom stereocenters. The predicted molar refractivity (Wildman–Crippen MR) is 161 cm³/mol. The molecule has 1 amide bonds. The number of aromatic nitrogens is 3. The van der Waals surface area contributed by atoms with Crippen molar-refractivity contribution in [2.45, 2.75) is 95.6 Å². The Morgan fingerprint density at radius 2 is 1.78 bits per heavy atom. The third kappa shape index (κ3) is 6.20. The highest BCUT2D eigenvalue weighted by Gasteiger charge is 2.33. The Morgan fingerprint density at radius 1 is 1.00 bits per heavy atom. The zero-order chi connectivity index (χ0) is 28.3. The molecule has 3 aliphatic carbocycles. The number of amides is 1. The van der Waals surface area contributed by atoms with Crippen molar-refractivity contribution in [2.75, 3.05) is 18.6 Å². The number of anilines is 1. The van der Waals surface area contributed by atoms with E-state index in [0.29, 0.717) is 30.7 Å². The van der Waals surface area contributed by atoms with Crippen LogP contribution >= 0.6 is 0 Å². The van der Waals surface area contributed by atoms with Crippen LogP contribution in [0, 0.1) is 18.8 Å². The SMILES string of the molecule is COc1ccc(C2CCC(CN(C(=O)C3CCC(O)CC3)c3cccc(-c4cnn(C5CCC5)c4)c3)CC2)nc1C. The van der Waals surface area contributed by atoms with E-state index >= 15 is 0 Å². The zero-order valence-electron chi connectivity index (χ0n) is 24.5. The van der Waals surface area contributed by atoms with Gasteiger partial charge in [-0.1, -0.05) is 12.1 Å². The van der Waals surface area contributed by atoms with Crippen molar-refractivity contribution in [1.29, 1.82) is 0 Å². The van der Waals surface area contributed by atoms with Gasteiger partial charge in [-0.2, -0.15) is 5.10 Å². The number of hydrogen-bond donors (Lipinski definition) is 1. The van der Waals surface area contributed by atoms with Gasteiger partial charge in [0.2, 0.25) is 5.91 Å². The Bertz CT molecular complexity index is 1330. The number of benzene rings is 1. The summed E-state index contributed by atoms with van der Waals surface area (Å²) in [5, 5.41) is 14.7. The van der Waals surface area contributed by atoms with Gasteiger partial charge < -0.3 is 14.7 Å². The number of ether oxygens (including phenoxy) is 1. The molecule has 218 valence electrons. The minimum absolute atomic E-state index is 0.0220. The van der Waals surface area contributed by atoms with Gasteiger partial charge in [-0.15, -0.1) is 0 Å². The summed E-state index contributed by atoms with van der Waals surface area (Å²) in [6.07, 6.45) is 14.8. The van der Waals surface area contributed by atoms with E-state index in [4.69, 9.17) is 9.72 Å². The smallest absolute Gasteiger partial charge is 0.230 e. The Morgan fingerprint density at radius 3 is 2.46 bits per heavy atom. The average Bonchev–Trinajstić information content (AvgIpc) is 3.45. The summed E-state index contributed by atoms with van der Waals surface area (Å²) in [6, 6.07) is 13.1. The number of pyridine rings is 1. The van der Waals surface area contributed by atoms with Crippen molar-refractivity contribution in [2.24, 2.45) is 11.8 Å². The van der Waals surface area contributed by atoms with Crippen LogP contribution in [0.2, 0.25) is 0 Å². The molecule has 0 bridgehead atoms. The number of aryl methyl sites for hydroxylation is 1. The van der Waals surface area contributed by atoms with Crippen molar-refractivity contribution >= 4 is 11.6 Å². The fourth-order valence-electron chi connectivity index (χ4n) is 6.97. The van der Waals surface area contributed by atoms with Gasteiger partial charge in [0.15, 0.2) is 0 Å². The third-order valence-electron chi connectivity index (χ3n) is 9.84. The molecule has 1 aromatic carbocycles. The summed E-state index contributed by atoms with van der Waals surface area (Å²) in [4.78, 5) is 21.0. The molecule has 3 fully saturated rings. The van der Waals surface area contributed by atoms with E-state index in [0.717, 1.165) is 79.0 Å². The molecular formula is C34H44N4O3. The van der Waals surface area contributed by atoms with Crippen LogP contribution in [0.25, 0.3) is 11.1 Å². The zero-order valence-corrected chi connectivity index (χ0v) is 24.5. The van der Waals surface area contributed by atoms with Crippen molar-refractivity contribution in [3.8, 4) is 16.9 Å². The first kappa shape index (κ1) is 28.0. The minimum Gasteiger partial charge on any atom is -0.495 e. The number of hydrogen-bond acceptors (Lipinski definition) is 5. The van der Waals surface area contributed by atoms with Gasteiger partial charge in [0.1, 0.15) is 5.75 Å². The second-order valence-electron chi connectivity index (χ2n) is 12.5. The molecule has 7 heteroatoms.